The van der Waals surface area contributed by atoms with Crippen molar-refractivity contribution in [2.45, 2.75) is 19.8 Å². The Kier molecular flexibility index (Phi) is 5.15. The number of benzene rings is 2. The van der Waals surface area contributed by atoms with E-state index in [1.54, 1.807) is 12.1 Å². The molecule has 0 radical (unpaired) electrons. The van der Waals surface area contributed by atoms with E-state index in [0.717, 1.165) is 5.69 Å². The van der Waals surface area contributed by atoms with Gasteiger partial charge in [-0.3, -0.25) is 0 Å². The van der Waals surface area contributed by atoms with Gasteiger partial charge >= 0.3 is 0 Å². The van der Waals surface area contributed by atoms with Crippen molar-refractivity contribution in [2.75, 3.05) is 10.6 Å². The maximum absolute atomic E-state index is 13.8. The fourth-order valence-corrected chi connectivity index (χ4v) is 2.26. The highest BCUT2D eigenvalue weighted by molar-refractivity contribution is 7.80. The summed E-state index contributed by atoms with van der Waals surface area (Å²) >= 11 is 10.9. The van der Waals surface area contributed by atoms with Crippen molar-refractivity contribution in [1.29, 1.82) is 0 Å². The monoisotopic (exact) mass is 322 g/mol. The van der Waals surface area contributed by atoms with E-state index in [-0.39, 0.29) is 10.7 Å². The first-order valence-corrected chi connectivity index (χ1v) is 7.38. The summed E-state index contributed by atoms with van der Waals surface area (Å²) in [6.07, 6.45) is 0. The SMILES string of the molecule is CC(C)c1cccc(NC(=S)Nc2cccc(Cl)c2F)c1. The average molecular weight is 323 g/mol. The molecule has 2 rings (SSSR count). The van der Waals surface area contributed by atoms with Gasteiger partial charge < -0.3 is 10.6 Å². The summed E-state index contributed by atoms with van der Waals surface area (Å²) in [6, 6.07) is 12.7. The molecule has 2 nitrogen and oxygen atoms in total. The summed E-state index contributed by atoms with van der Waals surface area (Å²) < 4.78 is 13.8. The first kappa shape index (κ1) is 15.7. The summed E-state index contributed by atoms with van der Waals surface area (Å²) in [5.74, 6) is -0.0853. The maximum atomic E-state index is 13.8. The molecule has 0 aliphatic carbocycles. The van der Waals surface area contributed by atoms with Crippen molar-refractivity contribution in [3.05, 3.63) is 58.9 Å². The van der Waals surface area contributed by atoms with Gasteiger partial charge in [0, 0.05) is 5.69 Å². The number of hydrogen-bond acceptors (Lipinski definition) is 1. The molecular formula is C16H16ClFN2S. The zero-order chi connectivity index (χ0) is 15.4. The molecule has 0 bridgehead atoms. The number of hydrogen-bond donors (Lipinski definition) is 2. The lowest BCUT2D eigenvalue weighted by Crippen LogP contribution is -2.19. The van der Waals surface area contributed by atoms with Crippen LogP contribution in [0, 0.1) is 5.82 Å². The van der Waals surface area contributed by atoms with Crippen LogP contribution in [0.3, 0.4) is 0 Å². The second-order valence-corrected chi connectivity index (χ2v) is 5.78. The van der Waals surface area contributed by atoms with Gasteiger partial charge in [0.1, 0.15) is 0 Å². The standard InChI is InChI=1S/C16H16ClFN2S/c1-10(2)11-5-3-6-12(9-11)19-16(21)20-14-8-4-7-13(17)15(14)18/h3-10H,1-2H3,(H2,19,20,21). The molecule has 0 aliphatic heterocycles. The van der Waals surface area contributed by atoms with Gasteiger partial charge in [-0.2, -0.15) is 0 Å². The fourth-order valence-electron chi connectivity index (χ4n) is 1.86. The zero-order valence-corrected chi connectivity index (χ0v) is 13.4. The second-order valence-electron chi connectivity index (χ2n) is 4.96. The highest BCUT2D eigenvalue weighted by Gasteiger charge is 2.08. The molecule has 0 fully saturated rings. The highest BCUT2D eigenvalue weighted by atomic mass is 35.5. The Labute approximate surface area is 134 Å². The summed E-state index contributed by atoms with van der Waals surface area (Å²) in [5, 5.41) is 6.23. The topological polar surface area (TPSA) is 24.1 Å². The van der Waals surface area contributed by atoms with Gasteiger partial charge in [-0.05, 0) is 48.0 Å². The third kappa shape index (κ3) is 4.16. The average Bonchev–Trinajstić information content (AvgIpc) is 2.44. The lowest BCUT2D eigenvalue weighted by Gasteiger charge is -2.13. The summed E-state index contributed by atoms with van der Waals surface area (Å²) in [4.78, 5) is 0. The van der Waals surface area contributed by atoms with Crippen LogP contribution in [0.4, 0.5) is 15.8 Å². The molecule has 0 heterocycles. The molecule has 0 amide bonds. The van der Waals surface area contributed by atoms with Crippen LogP contribution in [0.5, 0.6) is 0 Å². The van der Waals surface area contributed by atoms with E-state index in [2.05, 4.69) is 30.5 Å². The van der Waals surface area contributed by atoms with Gasteiger partial charge in [0.25, 0.3) is 0 Å². The summed E-state index contributed by atoms with van der Waals surface area (Å²) in [7, 11) is 0. The Morgan fingerprint density at radius 3 is 2.57 bits per heavy atom. The predicted octanol–water partition coefficient (Wildman–Crippen LogP) is 5.41. The molecule has 0 spiro atoms. The van der Waals surface area contributed by atoms with E-state index in [1.165, 1.54) is 11.6 Å². The fraction of sp³-hybridized carbons (Fsp3) is 0.188. The lowest BCUT2D eigenvalue weighted by molar-refractivity contribution is 0.632. The number of thiocarbonyl (C=S) groups is 1. The van der Waals surface area contributed by atoms with Gasteiger partial charge in [-0.15, -0.1) is 0 Å². The Morgan fingerprint density at radius 1 is 1.14 bits per heavy atom. The molecule has 21 heavy (non-hydrogen) atoms. The van der Waals surface area contributed by atoms with E-state index >= 15 is 0 Å². The van der Waals surface area contributed by atoms with Crippen molar-refractivity contribution in [3.63, 3.8) is 0 Å². The minimum absolute atomic E-state index is 0.0598. The second kappa shape index (κ2) is 6.87. The van der Waals surface area contributed by atoms with Crippen molar-refractivity contribution < 1.29 is 4.39 Å². The Morgan fingerprint density at radius 2 is 1.86 bits per heavy atom. The van der Waals surface area contributed by atoms with Crippen molar-refractivity contribution in [2.24, 2.45) is 0 Å². The van der Waals surface area contributed by atoms with Crippen LogP contribution in [0.25, 0.3) is 0 Å². The van der Waals surface area contributed by atoms with Crippen LogP contribution in [0.2, 0.25) is 5.02 Å². The van der Waals surface area contributed by atoms with Crippen molar-refractivity contribution in [1.82, 2.24) is 0 Å². The highest BCUT2D eigenvalue weighted by Crippen LogP contribution is 2.23. The van der Waals surface area contributed by atoms with Gasteiger partial charge in [0.2, 0.25) is 0 Å². The molecule has 0 saturated heterocycles. The minimum atomic E-state index is -0.515. The van der Waals surface area contributed by atoms with E-state index in [9.17, 15) is 4.39 Å². The molecule has 0 atom stereocenters. The van der Waals surface area contributed by atoms with E-state index in [0.29, 0.717) is 11.0 Å². The smallest absolute Gasteiger partial charge is 0.175 e. The normalized spacial score (nSPS) is 10.5. The zero-order valence-electron chi connectivity index (χ0n) is 11.8. The van der Waals surface area contributed by atoms with Crippen LogP contribution >= 0.6 is 23.8 Å². The number of halogens is 2. The number of rotatable bonds is 3. The molecule has 2 aromatic carbocycles. The van der Waals surface area contributed by atoms with Gasteiger partial charge in [-0.1, -0.05) is 43.6 Å². The van der Waals surface area contributed by atoms with E-state index in [4.69, 9.17) is 23.8 Å². The summed E-state index contributed by atoms with van der Waals surface area (Å²) in [6.45, 7) is 4.24. The third-order valence-corrected chi connectivity index (χ3v) is 3.51. The van der Waals surface area contributed by atoms with Gasteiger partial charge in [0.15, 0.2) is 10.9 Å². The van der Waals surface area contributed by atoms with Crippen molar-refractivity contribution in [3.8, 4) is 0 Å². The first-order valence-electron chi connectivity index (χ1n) is 6.59. The third-order valence-electron chi connectivity index (χ3n) is 3.01. The molecule has 0 saturated carbocycles. The molecule has 2 aromatic rings. The van der Waals surface area contributed by atoms with E-state index < -0.39 is 5.82 Å². The van der Waals surface area contributed by atoms with E-state index in [1.807, 2.05) is 18.2 Å². The molecule has 0 aromatic heterocycles. The Bertz CT molecular complexity index is 658. The predicted molar refractivity (Wildman–Crippen MR) is 91.8 cm³/mol. The van der Waals surface area contributed by atoms with Crippen LogP contribution in [-0.4, -0.2) is 5.11 Å². The minimum Gasteiger partial charge on any atom is -0.332 e. The van der Waals surface area contributed by atoms with Gasteiger partial charge in [-0.25, -0.2) is 4.39 Å². The number of anilines is 2. The molecule has 110 valence electrons. The lowest BCUT2D eigenvalue weighted by atomic mass is 10.0. The van der Waals surface area contributed by atoms with Gasteiger partial charge in [0.05, 0.1) is 10.7 Å². The van der Waals surface area contributed by atoms with Crippen LogP contribution in [0.15, 0.2) is 42.5 Å². The molecule has 0 unspecified atom stereocenters. The Balaban J connectivity index is 2.08. The molecule has 5 heteroatoms. The molecular weight excluding hydrogens is 307 g/mol. The molecule has 0 aliphatic rings. The maximum Gasteiger partial charge on any atom is 0.175 e. The molecule has 2 N–H and O–H groups in total. The van der Waals surface area contributed by atoms with Crippen LogP contribution < -0.4 is 10.6 Å². The summed E-state index contributed by atoms with van der Waals surface area (Å²) in [5.41, 5.74) is 2.32. The van der Waals surface area contributed by atoms with Crippen molar-refractivity contribution >= 4 is 40.3 Å². The quantitative estimate of drug-likeness (QED) is 0.739. The largest absolute Gasteiger partial charge is 0.332 e. The first-order chi connectivity index (χ1) is 9.97. The Hall–Kier alpha value is -1.65. The van der Waals surface area contributed by atoms with Crippen LogP contribution in [0.1, 0.15) is 25.3 Å². The van der Waals surface area contributed by atoms with Crippen LogP contribution in [-0.2, 0) is 0 Å². The number of nitrogens with one attached hydrogen (secondary N) is 2.